The van der Waals surface area contributed by atoms with E-state index in [0.29, 0.717) is 16.7 Å². The molecule has 9 heteroatoms. The Hall–Kier alpha value is -3.98. The van der Waals surface area contributed by atoms with E-state index in [2.05, 4.69) is 25.7 Å². The van der Waals surface area contributed by atoms with Gasteiger partial charge in [-0.2, -0.15) is 5.10 Å². The molecular weight excluding hydrogens is 436 g/mol. The van der Waals surface area contributed by atoms with Gasteiger partial charge in [0.05, 0.1) is 24.8 Å². The number of pyridine rings is 1. The summed E-state index contributed by atoms with van der Waals surface area (Å²) in [6.45, 7) is 2.04. The lowest BCUT2D eigenvalue weighted by Gasteiger charge is -2.11. The third-order valence-electron chi connectivity index (χ3n) is 4.68. The molecule has 4 rings (SSSR count). The number of ether oxygens (including phenoxy) is 1. The number of hydrogen-bond donors (Lipinski definition) is 1. The van der Waals surface area contributed by atoms with Crippen LogP contribution in [0.15, 0.2) is 83.2 Å². The lowest BCUT2D eigenvalue weighted by atomic mass is 10.1. The van der Waals surface area contributed by atoms with Crippen molar-refractivity contribution in [3.63, 3.8) is 0 Å². The van der Waals surface area contributed by atoms with E-state index in [4.69, 9.17) is 4.74 Å². The Morgan fingerprint density at radius 3 is 2.58 bits per heavy atom. The average Bonchev–Trinajstić information content (AvgIpc) is 3.28. The average molecular weight is 459 g/mol. The van der Waals surface area contributed by atoms with Gasteiger partial charge >= 0.3 is 0 Å². The number of aromatic nitrogens is 4. The fourth-order valence-electron chi connectivity index (χ4n) is 3.00. The number of thioether (sulfide) groups is 1. The van der Waals surface area contributed by atoms with Crippen molar-refractivity contribution < 1.29 is 9.53 Å². The van der Waals surface area contributed by atoms with E-state index in [1.807, 2.05) is 72.2 Å². The van der Waals surface area contributed by atoms with Crippen LogP contribution < -0.4 is 10.2 Å². The zero-order chi connectivity index (χ0) is 23.0. The van der Waals surface area contributed by atoms with Gasteiger partial charge in [-0.15, -0.1) is 10.2 Å². The van der Waals surface area contributed by atoms with E-state index in [0.717, 1.165) is 22.6 Å². The molecule has 1 N–H and O–H groups in total. The van der Waals surface area contributed by atoms with Gasteiger partial charge in [0, 0.05) is 17.4 Å². The molecule has 0 unspecified atom stereocenters. The van der Waals surface area contributed by atoms with E-state index >= 15 is 0 Å². The summed E-state index contributed by atoms with van der Waals surface area (Å²) in [5.41, 5.74) is 6.13. The Morgan fingerprint density at radius 2 is 1.88 bits per heavy atom. The maximum absolute atomic E-state index is 12.3. The number of carbonyl (C=O) groups is 1. The minimum absolute atomic E-state index is 0.127. The maximum atomic E-state index is 12.3. The van der Waals surface area contributed by atoms with Crippen molar-refractivity contribution in [1.82, 2.24) is 25.2 Å². The standard InChI is InChI=1S/C24H22N6O2S/c1-17-6-8-18(9-7-17)23-28-29-24(30(23)20-10-12-21(32-2)13-11-20)33-16-22(31)27-26-15-19-5-3-4-14-25-19/h3-15H,16H2,1-2H3,(H,27,31)/b26-15-. The van der Waals surface area contributed by atoms with Gasteiger partial charge in [-0.25, -0.2) is 5.43 Å². The number of nitrogens with zero attached hydrogens (tertiary/aromatic N) is 5. The second-order valence-electron chi connectivity index (χ2n) is 7.04. The summed E-state index contributed by atoms with van der Waals surface area (Å²) in [7, 11) is 1.63. The predicted molar refractivity (Wildman–Crippen MR) is 129 cm³/mol. The molecule has 0 spiro atoms. The Balaban J connectivity index is 1.53. The van der Waals surface area contributed by atoms with Gasteiger partial charge in [0.1, 0.15) is 5.75 Å². The highest BCUT2D eigenvalue weighted by atomic mass is 32.2. The molecule has 166 valence electrons. The first kappa shape index (κ1) is 22.2. The first-order chi connectivity index (χ1) is 16.1. The molecule has 4 aromatic rings. The molecule has 1 amide bonds. The highest BCUT2D eigenvalue weighted by Gasteiger charge is 2.17. The van der Waals surface area contributed by atoms with Crippen molar-refractivity contribution >= 4 is 23.9 Å². The van der Waals surface area contributed by atoms with Crippen molar-refractivity contribution in [3.05, 3.63) is 84.2 Å². The van der Waals surface area contributed by atoms with E-state index < -0.39 is 0 Å². The normalized spacial score (nSPS) is 11.0. The van der Waals surface area contributed by atoms with E-state index in [1.165, 1.54) is 18.0 Å². The number of rotatable bonds is 8. The zero-order valence-electron chi connectivity index (χ0n) is 18.2. The highest BCUT2D eigenvalue weighted by Crippen LogP contribution is 2.29. The second kappa shape index (κ2) is 10.6. The zero-order valence-corrected chi connectivity index (χ0v) is 19.0. The lowest BCUT2D eigenvalue weighted by Crippen LogP contribution is -2.20. The minimum Gasteiger partial charge on any atom is -0.497 e. The fourth-order valence-corrected chi connectivity index (χ4v) is 3.75. The van der Waals surface area contributed by atoms with Crippen molar-refractivity contribution in [1.29, 1.82) is 0 Å². The highest BCUT2D eigenvalue weighted by molar-refractivity contribution is 7.99. The van der Waals surface area contributed by atoms with Crippen LogP contribution in [0.3, 0.4) is 0 Å². The summed E-state index contributed by atoms with van der Waals surface area (Å²) in [6, 6.07) is 21.2. The number of aryl methyl sites for hydroxylation is 1. The van der Waals surface area contributed by atoms with Crippen LogP contribution in [-0.2, 0) is 4.79 Å². The van der Waals surface area contributed by atoms with Crippen LogP contribution in [0.5, 0.6) is 5.75 Å². The summed E-state index contributed by atoms with van der Waals surface area (Å²) in [6.07, 6.45) is 3.16. The third-order valence-corrected chi connectivity index (χ3v) is 5.61. The molecule has 0 aliphatic rings. The summed E-state index contributed by atoms with van der Waals surface area (Å²) in [4.78, 5) is 16.4. The maximum Gasteiger partial charge on any atom is 0.250 e. The van der Waals surface area contributed by atoms with Gasteiger partial charge in [-0.1, -0.05) is 47.7 Å². The van der Waals surface area contributed by atoms with Crippen LogP contribution in [0.4, 0.5) is 0 Å². The summed E-state index contributed by atoms with van der Waals surface area (Å²) >= 11 is 1.28. The molecule has 33 heavy (non-hydrogen) atoms. The van der Waals surface area contributed by atoms with Crippen LogP contribution in [-0.4, -0.2) is 44.7 Å². The van der Waals surface area contributed by atoms with E-state index in [-0.39, 0.29) is 11.7 Å². The first-order valence-corrected chi connectivity index (χ1v) is 11.2. The molecule has 0 atom stereocenters. The molecule has 0 bridgehead atoms. The molecule has 2 aromatic carbocycles. The molecule has 0 aliphatic heterocycles. The fraction of sp³-hybridized carbons (Fsp3) is 0.125. The monoisotopic (exact) mass is 458 g/mol. The number of nitrogens with one attached hydrogen (secondary N) is 1. The number of hydrogen-bond acceptors (Lipinski definition) is 7. The molecule has 2 heterocycles. The molecule has 0 saturated carbocycles. The number of benzene rings is 2. The molecule has 2 aromatic heterocycles. The minimum atomic E-state index is -0.256. The molecular formula is C24H22N6O2S. The first-order valence-electron chi connectivity index (χ1n) is 10.2. The van der Waals surface area contributed by atoms with Crippen molar-refractivity contribution in [2.75, 3.05) is 12.9 Å². The number of amides is 1. The van der Waals surface area contributed by atoms with Crippen LogP contribution in [0.2, 0.25) is 0 Å². The predicted octanol–water partition coefficient (Wildman–Crippen LogP) is 3.89. The van der Waals surface area contributed by atoms with Crippen molar-refractivity contribution in [3.8, 4) is 22.8 Å². The number of methoxy groups -OCH3 is 1. The topological polar surface area (TPSA) is 94.3 Å². The Kier molecular flexibility index (Phi) is 7.11. The summed E-state index contributed by atoms with van der Waals surface area (Å²) in [5.74, 6) is 1.31. The number of hydrazone groups is 1. The van der Waals surface area contributed by atoms with Gasteiger partial charge < -0.3 is 4.74 Å². The van der Waals surface area contributed by atoms with Crippen LogP contribution >= 0.6 is 11.8 Å². The smallest absolute Gasteiger partial charge is 0.250 e. The van der Waals surface area contributed by atoms with Crippen molar-refractivity contribution in [2.24, 2.45) is 5.10 Å². The molecule has 0 saturated heterocycles. The summed E-state index contributed by atoms with van der Waals surface area (Å²) in [5, 5.41) is 13.3. The van der Waals surface area contributed by atoms with Crippen LogP contribution in [0.25, 0.3) is 17.1 Å². The third kappa shape index (κ3) is 5.64. The van der Waals surface area contributed by atoms with Crippen molar-refractivity contribution in [2.45, 2.75) is 12.1 Å². The summed E-state index contributed by atoms with van der Waals surface area (Å²) < 4.78 is 7.21. The van der Waals surface area contributed by atoms with Crippen LogP contribution in [0, 0.1) is 6.92 Å². The second-order valence-corrected chi connectivity index (χ2v) is 7.98. The quantitative estimate of drug-likeness (QED) is 0.245. The van der Waals surface area contributed by atoms with Gasteiger partial charge in [0.2, 0.25) is 0 Å². The molecule has 0 fully saturated rings. The Labute approximate surface area is 195 Å². The Bertz CT molecular complexity index is 1240. The van der Waals surface area contributed by atoms with E-state index in [1.54, 1.807) is 19.4 Å². The van der Waals surface area contributed by atoms with Gasteiger partial charge in [-0.3, -0.25) is 14.3 Å². The van der Waals surface area contributed by atoms with E-state index in [9.17, 15) is 4.79 Å². The Morgan fingerprint density at radius 1 is 1.09 bits per heavy atom. The van der Waals surface area contributed by atoms with Crippen LogP contribution in [0.1, 0.15) is 11.3 Å². The SMILES string of the molecule is COc1ccc(-n2c(SCC(=O)N/N=C\c3ccccn3)nnc2-c2ccc(C)cc2)cc1. The largest absolute Gasteiger partial charge is 0.497 e. The molecule has 0 radical (unpaired) electrons. The molecule has 0 aliphatic carbocycles. The molecule has 8 nitrogen and oxygen atoms in total. The van der Waals surface area contributed by atoms with Gasteiger partial charge in [0.15, 0.2) is 11.0 Å². The van der Waals surface area contributed by atoms with Gasteiger partial charge in [0.25, 0.3) is 5.91 Å². The lowest BCUT2D eigenvalue weighted by molar-refractivity contribution is -0.118. The van der Waals surface area contributed by atoms with Gasteiger partial charge in [-0.05, 0) is 43.3 Å². The number of carbonyl (C=O) groups excluding carboxylic acids is 1.